The highest BCUT2D eigenvalue weighted by Gasteiger charge is 2.22. The SMILES string of the molecule is CN(CCCN)S(=O)(=O)NC1CCCCCCC1. The third-order valence-electron chi connectivity index (χ3n) is 3.51. The molecule has 0 aromatic rings. The molecule has 0 aromatic carbocycles. The third-order valence-corrected chi connectivity index (χ3v) is 5.14. The van der Waals surface area contributed by atoms with E-state index in [0.29, 0.717) is 19.5 Å². The predicted molar refractivity (Wildman–Crippen MR) is 74.5 cm³/mol. The minimum atomic E-state index is -3.33. The lowest BCUT2D eigenvalue weighted by atomic mass is 9.97. The molecule has 6 heteroatoms. The van der Waals surface area contributed by atoms with E-state index in [4.69, 9.17) is 5.73 Å². The van der Waals surface area contributed by atoms with Gasteiger partial charge in [0.1, 0.15) is 0 Å². The molecular formula is C12H27N3O2S. The van der Waals surface area contributed by atoms with Gasteiger partial charge in [0.15, 0.2) is 0 Å². The van der Waals surface area contributed by atoms with Crippen molar-refractivity contribution in [1.82, 2.24) is 9.03 Å². The number of hydrogen-bond acceptors (Lipinski definition) is 3. The van der Waals surface area contributed by atoms with Gasteiger partial charge in [-0.05, 0) is 25.8 Å². The summed E-state index contributed by atoms with van der Waals surface area (Å²) >= 11 is 0. The second kappa shape index (κ2) is 8.09. The van der Waals surface area contributed by atoms with Crippen molar-refractivity contribution < 1.29 is 8.42 Å². The molecule has 0 atom stereocenters. The van der Waals surface area contributed by atoms with E-state index >= 15 is 0 Å². The zero-order valence-electron chi connectivity index (χ0n) is 11.4. The third kappa shape index (κ3) is 5.65. The first-order valence-electron chi connectivity index (χ1n) is 7.00. The number of nitrogens with one attached hydrogen (secondary N) is 1. The molecule has 0 saturated heterocycles. The largest absolute Gasteiger partial charge is 0.330 e. The van der Waals surface area contributed by atoms with E-state index in [1.807, 2.05) is 0 Å². The van der Waals surface area contributed by atoms with Gasteiger partial charge in [-0.1, -0.05) is 32.1 Å². The van der Waals surface area contributed by atoms with E-state index in [1.165, 1.54) is 23.6 Å². The van der Waals surface area contributed by atoms with Gasteiger partial charge in [0.2, 0.25) is 0 Å². The zero-order chi connectivity index (χ0) is 13.4. The van der Waals surface area contributed by atoms with Gasteiger partial charge in [-0.15, -0.1) is 0 Å². The van der Waals surface area contributed by atoms with Gasteiger partial charge < -0.3 is 5.73 Å². The van der Waals surface area contributed by atoms with Crippen molar-refractivity contribution >= 4 is 10.2 Å². The van der Waals surface area contributed by atoms with Crippen LogP contribution in [-0.2, 0) is 10.2 Å². The van der Waals surface area contributed by atoms with Crippen LogP contribution in [0, 0.1) is 0 Å². The normalized spacial score (nSPS) is 19.7. The van der Waals surface area contributed by atoms with Crippen molar-refractivity contribution in [3.05, 3.63) is 0 Å². The highest BCUT2D eigenvalue weighted by atomic mass is 32.2. The van der Waals surface area contributed by atoms with E-state index in [2.05, 4.69) is 4.72 Å². The van der Waals surface area contributed by atoms with E-state index in [1.54, 1.807) is 7.05 Å². The summed E-state index contributed by atoms with van der Waals surface area (Å²) in [6.45, 7) is 1.00. The number of rotatable bonds is 6. The van der Waals surface area contributed by atoms with Crippen molar-refractivity contribution in [3.8, 4) is 0 Å². The first-order valence-corrected chi connectivity index (χ1v) is 8.44. The molecule has 0 heterocycles. The van der Waals surface area contributed by atoms with Crippen LogP contribution < -0.4 is 10.5 Å². The molecule has 0 spiro atoms. The molecule has 0 amide bonds. The van der Waals surface area contributed by atoms with Crippen LogP contribution in [0.2, 0.25) is 0 Å². The van der Waals surface area contributed by atoms with E-state index in [9.17, 15) is 8.42 Å². The molecule has 0 unspecified atom stereocenters. The standard InChI is InChI=1S/C12H27N3O2S/c1-15(11-7-10-13)18(16,17)14-12-8-5-3-2-4-6-9-12/h12,14H,2-11,13H2,1H3. The first kappa shape index (κ1) is 15.9. The maximum atomic E-state index is 12.1. The summed E-state index contributed by atoms with van der Waals surface area (Å²) in [7, 11) is -1.72. The van der Waals surface area contributed by atoms with Crippen LogP contribution in [0.4, 0.5) is 0 Å². The van der Waals surface area contributed by atoms with Crippen LogP contribution in [0.3, 0.4) is 0 Å². The van der Waals surface area contributed by atoms with Gasteiger partial charge >= 0.3 is 0 Å². The molecule has 1 aliphatic carbocycles. The molecule has 108 valence electrons. The second-order valence-corrected chi connectivity index (χ2v) is 6.94. The lowest BCUT2D eigenvalue weighted by molar-refractivity contribution is 0.401. The molecule has 0 radical (unpaired) electrons. The van der Waals surface area contributed by atoms with E-state index in [0.717, 1.165) is 25.7 Å². The topological polar surface area (TPSA) is 75.4 Å². The van der Waals surface area contributed by atoms with Gasteiger partial charge in [-0.3, -0.25) is 0 Å². The Morgan fingerprint density at radius 1 is 1.17 bits per heavy atom. The monoisotopic (exact) mass is 277 g/mol. The Hall–Kier alpha value is -0.170. The highest BCUT2D eigenvalue weighted by Crippen LogP contribution is 2.18. The van der Waals surface area contributed by atoms with Gasteiger partial charge in [0, 0.05) is 19.6 Å². The Morgan fingerprint density at radius 2 is 1.72 bits per heavy atom. The summed E-state index contributed by atoms with van der Waals surface area (Å²) in [4.78, 5) is 0. The molecule has 18 heavy (non-hydrogen) atoms. The summed E-state index contributed by atoms with van der Waals surface area (Å²) in [6, 6.07) is 0.107. The first-order chi connectivity index (χ1) is 8.56. The average molecular weight is 277 g/mol. The molecule has 5 nitrogen and oxygen atoms in total. The minimum absolute atomic E-state index is 0.107. The van der Waals surface area contributed by atoms with Gasteiger partial charge in [0.05, 0.1) is 0 Å². The lowest BCUT2D eigenvalue weighted by Crippen LogP contribution is -2.44. The number of nitrogens with two attached hydrogens (primary N) is 1. The molecule has 1 rings (SSSR count). The van der Waals surface area contributed by atoms with Crippen molar-refractivity contribution in [3.63, 3.8) is 0 Å². The van der Waals surface area contributed by atoms with Crippen molar-refractivity contribution in [2.24, 2.45) is 5.73 Å². The summed E-state index contributed by atoms with van der Waals surface area (Å²) in [5, 5.41) is 0. The Kier molecular flexibility index (Phi) is 7.14. The van der Waals surface area contributed by atoms with Gasteiger partial charge in [-0.25, -0.2) is 0 Å². The van der Waals surface area contributed by atoms with Crippen LogP contribution >= 0.6 is 0 Å². The predicted octanol–water partition coefficient (Wildman–Crippen LogP) is 1.21. The lowest BCUT2D eigenvalue weighted by Gasteiger charge is -2.24. The molecule has 0 aliphatic heterocycles. The van der Waals surface area contributed by atoms with E-state index < -0.39 is 10.2 Å². The van der Waals surface area contributed by atoms with Crippen molar-refractivity contribution in [1.29, 1.82) is 0 Å². The molecule has 0 bridgehead atoms. The molecule has 1 aliphatic rings. The Morgan fingerprint density at radius 3 is 2.28 bits per heavy atom. The summed E-state index contributed by atoms with van der Waals surface area (Å²) in [6.07, 6.45) is 8.60. The van der Waals surface area contributed by atoms with Crippen molar-refractivity contribution in [2.75, 3.05) is 20.1 Å². The van der Waals surface area contributed by atoms with Crippen molar-refractivity contribution in [2.45, 2.75) is 57.4 Å². The highest BCUT2D eigenvalue weighted by molar-refractivity contribution is 7.87. The Bertz CT molecular complexity index is 311. The van der Waals surface area contributed by atoms with Crippen LogP contribution in [0.15, 0.2) is 0 Å². The van der Waals surface area contributed by atoms with Crippen LogP contribution in [0.5, 0.6) is 0 Å². The minimum Gasteiger partial charge on any atom is -0.330 e. The molecular weight excluding hydrogens is 250 g/mol. The fraction of sp³-hybridized carbons (Fsp3) is 1.00. The summed E-state index contributed by atoms with van der Waals surface area (Å²) in [5.41, 5.74) is 5.40. The second-order valence-electron chi connectivity index (χ2n) is 5.13. The quantitative estimate of drug-likeness (QED) is 0.766. The summed E-state index contributed by atoms with van der Waals surface area (Å²) in [5.74, 6) is 0. The maximum Gasteiger partial charge on any atom is 0.279 e. The van der Waals surface area contributed by atoms with Crippen LogP contribution in [0.25, 0.3) is 0 Å². The molecule has 1 fully saturated rings. The molecule has 0 aromatic heterocycles. The molecule has 1 saturated carbocycles. The van der Waals surface area contributed by atoms with E-state index in [-0.39, 0.29) is 6.04 Å². The summed E-state index contributed by atoms with van der Waals surface area (Å²) < 4.78 is 28.4. The Labute approximate surface area is 111 Å². The average Bonchev–Trinajstić information content (AvgIpc) is 2.29. The fourth-order valence-corrected chi connectivity index (χ4v) is 3.52. The van der Waals surface area contributed by atoms with Crippen LogP contribution in [0.1, 0.15) is 51.4 Å². The Balaban J connectivity index is 2.46. The number of hydrogen-bond donors (Lipinski definition) is 2. The molecule has 3 N–H and O–H groups in total. The van der Waals surface area contributed by atoms with Gasteiger partial charge in [-0.2, -0.15) is 17.4 Å². The smallest absolute Gasteiger partial charge is 0.279 e. The number of nitrogens with zero attached hydrogens (tertiary/aromatic N) is 1. The fourth-order valence-electron chi connectivity index (χ4n) is 2.31. The van der Waals surface area contributed by atoms with Gasteiger partial charge in [0.25, 0.3) is 10.2 Å². The zero-order valence-corrected chi connectivity index (χ0v) is 12.2. The van der Waals surface area contributed by atoms with Crippen LogP contribution in [-0.4, -0.2) is 38.9 Å². The maximum absolute atomic E-state index is 12.1.